The Hall–Kier alpha value is -4.50. The predicted molar refractivity (Wildman–Crippen MR) is 148 cm³/mol. The lowest BCUT2D eigenvalue weighted by atomic mass is 10.1. The Labute approximate surface area is 226 Å². The van der Waals surface area contributed by atoms with Gasteiger partial charge in [-0.05, 0) is 103 Å². The lowest BCUT2D eigenvalue weighted by molar-refractivity contribution is -0.385. The SMILES string of the molecule is Cc1cc(/C=C(/C#N)C(=O)Nc2ccc(I)cc2)c(C)n1-c1ccc(Oc2ccc([N+](=O)[O-])cn2)cc1. The maximum Gasteiger partial charge on any atom is 0.287 e. The molecule has 0 spiro atoms. The van der Waals surface area contributed by atoms with Crippen LogP contribution in [0.4, 0.5) is 11.4 Å². The molecule has 9 nitrogen and oxygen atoms in total. The van der Waals surface area contributed by atoms with Crippen LogP contribution in [0.3, 0.4) is 0 Å². The van der Waals surface area contributed by atoms with Gasteiger partial charge in [0.2, 0.25) is 5.88 Å². The first-order chi connectivity index (χ1) is 17.7. The van der Waals surface area contributed by atoms with Gasteiger partial charge in [0.15, 0.2) is 0 Å². The molecule has 2 aromatic carbocycles. The van der Waals surface area contributed by atoms with Gasteiger partial charge in [0.1, 0.15) is 23.6 Å². The molecule has 0 saturated carbocycles. The van der Waals surface area contributed by atoms with E-state index in [1.807, 2.05) is 54.8 Å². The average Bonchev–Trinajstić information content (AvgIpc) is 3.17. The van der Waals surface area contributed by atoms with Crippen molar-refractivity contribution in [2.24, 2.45) is 0 Å². The van der Waals surface area contributed by atoms with Crippen LogP contribution in [0, 0.1) is 38.9 Å². The third kappa shape index (κ3) is 6.02. The first-order valence-electron chi connectivity index (χ1n) is 11.0. The van der Waals surface area contributed by atoms with Crippen molar-refractivity contribution in [2.45, 2.75) is 13.8 Å². The molecule has 0 saturated heterocycles. The van der Waals surface area contributed by atoms with E-state index in [2.05, 4.69) is 32.9 Å². The van der Waals surface area contributed by atoms with Crippen LogP contribution in [0.1, 0.15) is 17.0 Å². The number of benzene rings is 2. The van der Waals surface area contributed by atoms with Gasteiger partial charge >= 0.3 is 0 Å². The first kappa shape index (κ1) is 25.6. The standard InChI is InChI=1S/C27H20IN5O4/c1-17-13-19(14-20(15-29)27(34)31-22-5-3-21(28)4-6-22)18(2)32(17)23-7-10-25(11-8-23)37-26-12-9-24(16-30-26)33(35)36/h3-14,16H,1-2H3,(H,31,34)/b20-14-. The molecular formula is C27H20IN5O4. The molecule has 0 bridgehead atoms. The minimum absolute atomic E-state index is 0.00172. The summed E-state index contributed by atoms with van der Waals surface area (Å²) in [5.74, 6) is 0.285. The number of nitrogens with zero attached hydrogens (tertiary/aromatic N) is 4. The quantitative estimate of drug-likeness (QED) is 0.0863. The topological polar surface area (TPSA) is 123 Å². The minimum atomic E-state index is -0.521. The Bertz CT molecular complexity index is 1530. The molecule has 37 heavy (non-hydrogen) atoms. The third-order valence-corrected chi connectivity index (χ3v) is 6.21. The van der Waals surface area contributed by atoms with Gasteiger partial charge in [-0.2, -0.15) is 5.26 Å². The van der Waals surface area contributed by atoms with E-state index >= 15 is 0 Å². The van der Waals surface area contributed by atoms with Crippen molar-refractivity contribution in [1.82, 2.24) is 9.55 Å². The molecular weight excluding hydrogens is 585 g/mol. The summed E-state index contributed by atoms with van der Waals surface area (Å²) in [4.78, 5) is 26.9. The number of rotatable bonds is 7. The number of hydrogen-bond acceptors (Lipinski definition) is 6. The zero-order chi connectivity index (χ0) is 26.5. The van der Waals surface area contributed by atoms with Crippen molar-refractivity contribution in [2.75, 3.05) is 5.32 Å². The van der Waals surface area contributed by atoms with Crippen LogP contribution < -0.4 is 10.1 Å². The van der Waals surface area contributed by atoms with E-state index in [0.29, 0.717) is 11.4 Å². The molecule has 0 aliphatic rings. The Morgan fingerprint density at radius 2 is 1.84 bits per heavy atom. The number of carbonyl (C=O) groups excluding carboxylic acids is 1. The van der Waals surface area contributed by atoms with Gasteiger partial charge in [-0.15, -0.1) is 0 Å². The van der Waals surface area contributed by atoms with Crippen LogP contribution in [0.25, 0.3) is 11.8 Å². The zero-order valence-corrected chi connectivity index (χ0v) is 22.0. The lowest BCUT2D eigenvalue weighted by Crippen LogP contribution is -2.13. The summed E-state index contributed by atoms with van der Waals surface area (Å²) < 4.78 is 8.73. The Balaban J connectivity index is 1.53. The molecule has 0 unspecified atom stereocenters. The molecule has 2 aromatic heterocycles. The first-order valence-corrected chi connectivity index (χ1v) is 12.1. The van der Waals surface area contributed by atoms with Gasteiger partial charge in [-0.25, -0.2) is 4.98 Å². The highest BCUT2D eigenvalue weighted by Crippen LogP contribution is 2.26. The van der Waals surface area contributed by atoms with Crippen molar-refractivity contribution in [3.05, 3.63) is 109 Å². The molecule has 0 fully saturated rings. The van der Waals surface area contributed by atoms with E-state index in [1.165, 1.54) is 12.1 Å². The number of anilines is 1. The summed E-state index contributed by atoms with van der Waals surface area (Å²) in [6, 6.07) is 21.2. The molecule has 0 aliphatic carbocycles. The van der Waals surface area contributed by atoms with Gasteiger partial charge in [0.05, 0.1) is 4.92 Å². The highest BCUT2D eigenvalue weighted by atomic mass is 127. The van der Waals surface area contributed by atoms with Crippen molar-refractivity contribution < 1.29 is 14.5 Å². The van der Waals surface area contributed by atoms with Crippen LogP contribution in [0.15, 0.2) is 78.5 Å². The number of nitriles is 1. The molecule has 2 heterocycles. The Morgan fingerprint density at radius 3 is 2.43 bits per heavy atom. The number of nitrogens with one attached hydrogen (secondary N) is 1. The summed E-state index contributed by atoms with van der Waals surface area (Å²) in [7, 11) is 0. The molecule has 184 valence electrons. The Morgan fingerprint density at radius 1 is 1.14 bits per heavy atom. The van der Waals surface area contributed by atoms with Gasteiger partial charge in [0.25, 0.3) is 11.6 Å². The number of hydrogen-bond donors (Lipinski definition) is 1. The van der Waals surface area contributed by atoms with Crippen molar-refractivity contribution in [3.8, 4) is 23.4 Å². The molecule has 0 radical (unpaired) electrons. The Kier molecular flexibility index (Phi) is 7.64. The number of carbonyl (C=O) groups is 1. The normalized spacial score (nSPS) is 11.0. The highest BCUT2D eigenvalue weighted by molar-refractivity contribution is 14.1. The minimum Gasteiger partial charge on any atom is -0.439 e. The highest BCUT2D eigenvalue weighted by Gasteiger charge is 2.14. The second kappa shape index (κ2) is 11.0. The van der Waals surface area contributed by atoms with Crippen LogP contribution in [-0.2, 0) is 4.79 Å². The van der Waals surface area contributed by atoms with E-state index < -0.39 is 10.8 Å². The van der Waals surface area contributed by atoms with Gasteiger partial charge in [0, 0.05) is 38.5 Å². The number of aromatic nitrogens is 2. The van der Waals surface area contributed by atoms with Crippen molar-refractivity contribution in [1.29, 1.82) is 5.26 Å². The molecule has 0 aliphatic heterocycles. The van der Waals surface area contributed by atoms with Gasteiger partial charge < -0.3 is 14.6 Å². The summed E-state index contributed by atoms with van der Waals surface area (Å²) in [5.41, 5.74) is 3.89. The van der Waals surface area contributed by atoms with E-state index in [1.54, 1.807) is 30.3 Å². The summed E-state index contributed by atoms with van der Waals surface area (Å²) in [5, 5.41) is 23.2. The van der Waals surface area contributed by atoms with Gasteiger partial charge in [-0.1, -0.05) is 0 Å². The number of ether oxygens (including phenoxy) is 1. The second-order valence-electron chi connectivity index (χ2n) is 8.00. The lowest BCUT2D eigenvalue weighted by Gasteiger charge is -2.11. The summed E-state index contributed by atoms with van der Waals surface area (Å²) in [6.07, 6.45) is 2.72. The maximum absolute atomic E-state index is 12.7. The fourth-order valence-corrected chi connectivity index (χ4v) is 4.05. The predicted octanol–water partition coefficient (Wildman–Crippen LogP) is 6.34. The van der Waals surface area contributed by atoms with Crippen molar-refractivity contribution >= 4 is 45.9 Å². The molecule has 10 heteroatoms. The molecule has 4 aromatic rings. The van der Waals surface area contributed by atoms with E-state index in [9.17, 15) is 20.2 Å². The smallest absolute Gasteiger partial charge is 0.287 e. The second-order valence-corrected chi connectivity index (χ2v) is 9.25. The van der Waals surface area contributed by atoms with E-state index in [0.717, 1.165) is 32.4 Å². The number of nitro groups is 1. The molecule has 4 rings (SSSR count). The fourth-order valence-electron chi connectivity index (χ4n) is 3.69. The zero-order valence-electron chi connectivity index (χ0n) is 19.8. The maximum atomic E-state index is 12.7. The summed E-state index contributed by atoms with van der Waals surface area (Å²) >= 11 is 2.18. The molecule has 0 atom stereocenters. The largest absolute Gasteiger partial charge is 0.439 e. The number of aryl methyl sites for hydroxylation is 1. The van der Waals surface area contributed by atoms with E-state index in [-0.39, 0.29) is 17.1 Å². The van der Waals surface area contributed by atoms with Gasteiger partial charge in [-0.3, -0.25) is 14.9 Å². The molecule has 1 amide bonds. The van der Waals surface area contributed by atoms with Crippen LogP contribution in [0.2, 0.25) is 0 Å². The number of amides is 1. The number of pyridine rings is 1. The third-order valence-electron chi connectivity index (χ3n) is 5.49. The number of halogens is 1. The van der Waals surface area contributed by atoms with Crippen LogP contribution in [0.5, 0.6) is 11.6 Å². The van der Waals surface area contributed by atoms with Crippen LogP contribution >= 0.6 is 22.6 Å². The monoisotopic (exact) mass is 605 g/mol. The van der Waals surface area contributed by atoms with Crippen molar-refractivity contribution in [3.63, 3.8) is 0 Å². The fraction of sp³-hybridized carbons (Fsp3) is 0.0741. The molecule has 1 N–H and O–H groups in total. The average molecular weight is 605 g/mol. The van der Waals surface area contributed by atoms with Crippen LogP contribution in [-0.4, -0.2) is 20.4 Å². The summed E-state index contributed by atoms with van der Waals surface area (Å²) in [6.45, 7) is 3.85. The van der Waals surface area contributed by atoms with E-state index in [4.69, 9.17) is 4.74 Å².